The maximum Gasteiger partial charge on any atom is 0.177 e. The molecule has 1 atom stereocenters. The van der Waals surface area contributed by atoms with E-state index in [4.69, 9.17) is 9.47 Å². The molecule has 226 valence electrons. The zero-order chi connectivity index (χ0) is 30.1. The van der Waals surface area contributed by atoms with E-state index in [1.807, 2.05) is 0 Å². The zero-order valence-corrected chi connectivity index (χ0v) is 25.1. The molecule has 5 aliphatic rings. The number of rotatable bonds is 2. The van der Waals surface area contributed by atoms with Crippen LogP contribution in [0.15, 0.2) is 24.3 Å². The molecule has 1 unspecified atom stereocenters. The van der Waals surface area contributed by atoms with Gasteiger partial charge in [-0.1, -0.05) is 27.7 Å². The van der Waals surface area contributed by atoms with Crippen LogP contribution in [0.25, 0.3) is 0 Å². The van der Waals surface area contributed by atoms with Crippen LogP contribution in [0.3, 0.4) is 0 Å². The summed E-state index contributed by atoms with van der Waals surface area (Å²) < 4.78 is 13.7. The van der Waals surface area contributed by atoms with Gasteiger partial charge in [-0.2, -0.15) is 22.1 Å². The summed E-state index contributed by atoms with van der Waals surface area (Å²) in [5.74, 6) is 2.43. The molecule has 10 N–H and O–H groups in total. The summed E-state index contributed by atoms with van der Waals surface area (Å²) in [6, 6.07) is 7.81. The van der Waals surface area contributed by atoms with Gasteiger partial charge in [0.2, 0.25) is 0 Å². The minimum atomic E-state index is -0.351. The summed E-state index contributed by atoms with van der Waals surface area (Å²) in [5.41, 5.74) is 32.4. The number of nitrogens with one attached hydrogen (secondary N) is 8. The molecule has 3 aromatic carbocycles. The van der Waals surface area contributed by atoms with Crippen molar-refractivity contribution in [1.82, 2.24) is 43.8 Å². The van der Waals surface area contributed by atoms with Gasteiger partial charge >= 0.3 is 0 Å². The second kappa shape index (κ2) is 8.80. The van der Waals surface area contributed by atoms with Gasteiger partial charge in [-0.25, -0.2) is 21.7 Å². The summed E-state index contributed by atoms with van der Waals surface area (Å²) in [6.45, 7) is 13.2. The molecule has 3 aliphatic heterocycles. The van der Waals surface area contributed by atoms with E-state index in [1.165, 1.54) is 11.1 Å². The molecule has 0 aromatic heterocycles. The SMILES string of the molecule is Cc1c(C)c(C2NNNN2)c2c(c1C1NNNN1)Oc1cc3c(cc1O2)C1(CC(C)(C)c2cc(O)c(O)cc21)CC3(C)C. The Morgan fingerprint density at radius 1 is 0.605 bits per heavy atom. The van der Waals surface area contributed by atoms with E-state index in [-0.39, 0.29) is 40.1 Å². The third-order valence-corrected chi connectivity index (χ3v) is 10.2. The van der Waals surface area contributed by atoms with E-state index in [9.17, 15) is 10.2 Å². The molecular formula is C31H38N8O4. The number of aromatic hydroxyl groups is 2. The molecule has 0 bridgehead atoms. The molecule has 2 aliphatic carbocycles. The van der Waals surface area contributed by atoms with Gasteiger partial charge in [-0.3, -0.25) is 0 Å². The van der Waals surface area contributed by atoms with Crippen molar-refractivity contribution in [3.8, 4) is 34.5 Å². The van der Waals surface area contributed by atoms with Gasteiger partial charge in [0, 0.05) is 16.5 Å². The van der Waals surface area contributed by atoms with E-state index in [0.29, 0.717) is 23.0 Å². The van der Waals surface area contributed by atoms with Crippen LogP contribution < -0.4 is 53.3 Å². The maximum absolute atomic E-state index is 10.6. The largest absolute Gasteiger partial charge is 0.504 e. The molecule has 12 heteroatoms. The first-order valence-corrected chi connectivity index (χ1v) is 14.7. The zero-order valence-electron chi connectivity index (χ0n) is 25.1. The number of hydrogen-bond acceptors (Lipinski definition) is 12. The Bertz CT molecular complexity index is 1710. The molecule has 12 nitrogen and oxygen atoms in total. The van der Waals surface area contributed by atoms with Crippen molar-refractivity contribution in [3.63, 3.8) is 0 Å². The van der Waals surface area contributed by atoms with Gasteiger partial charge in [0.1, 0.15) is 12.3 Å². The number of fused-ring (bicyclic) bond motifs is 6. The fourth-order valence-electron chi connectivity index (χ4n) is 8.40. The number of phenols is 2. The monoisotopic (exact) mass is 586 g/mol. The van der Waals surface area contributed by atoms with E-state index in [2.05, 4.69) is 97.5 Å². The van der Waals surface area contributed by atoms with Crippen LogP contribution in [-0.2, 0) is 16.2 Å². The first-order chi connectivity index (χ1) is 20.4. The molecule has 43 heavy (non-hydrogen) atoms. The smallest absolute Gasteiger partial charge is 0.177 e. The van der Waals surface area contributed by atoms with Gasteiger partial charge in [-0.05, 0) is 95.2 Å². The predicted octanol–water partition coefficient (Wildman–Crippen LogP) is 3.49. The molecule has 8 rings (SSSR count). The highest BCUT2D eigenvalue weighted by Crippen LogP contribution is 2.66. The number of hydrazine groups is 6. The summed E-state index contributed by atoms with van der Waals surface area (Å²) >= 11 is 0. The molecule has 1 spiro atoms. The van der Waals surface area contributed by atoms with E-state index >= 15 is 0 Å². The van der Waals surface area contributed by atoms with E-state index in [0.717, 1.165) is 46.2 Å². The van der Waals surface area contributed by atoms with Crippen molar-refractivity contribution in [2.45, 2.75) is 83.0 Å². The third kappa shape index (κ3) is 3.66. The van der Waals surface area contributed by atoms with Gasteiger partial charge in [-0.15, -0.1) is 0 Å². The lowest BCUT2D eigenvalue weighted by molar-refractivity contribution is 0.339. The molecule has 3 aromatic rings. The van der Waals surface area contributed by atoms with Gasteiger partial charge in [0.15, 0.2) is 34.5 Å². The van der Waals surface area contributed by atoms with Crippen molar-refractivity contribution in [2.24, 2.45) is 0 Å². The quantitative estimate of drug-likeness (QED) is 0.156. The number of ether oxygens (including phenoxy) is 2. The Kier molecular flexibility index (Phi) is 5.55. The van der Waals surface area contributed by atoms with Crippen LogP contribution in [-0.4, -0.2) is 10.2 Å². The summed E-state index contributed by atoms with van der Waals surface area (Å²) in [5, 5.41) is 21.1. The summed E-state index contributed by atoms with van der Waals surface area (Å²) in [4.78, 5) is 0. The molecule has 3 heterocycles. The predicted molar refractivity (Wildman–Crippen MR) is 159 cm³/mol. The van der Waals surface area contributed by atoms with Crippen molar-refractivity contribution < 1.29 is 19.7 Å². The summed E-state index contributed by atoms with van der Waals surface area (Å²) in [7, 11) is 0. The average Bonchev–Trinajstić information content (AvgIpc) is 3.73. The van der Waals surface area contributed by atoms with Crippen LogP contribution in [0.5, 0.6) is 34.5 Å². The summed E-state index contributed by atoms with van der Waals surface area (Å²) in [6.07, 6.45) is 1.18. The average molecular weight is 587 g/mol. The van der Waals surface area contributed by atoms with Gasteiger partial charge in [0.25, 0.3) is 0 Å². The van der Waals surface area contributed by atoms with Crippen LogP contribution in [0.2, 0.25) is 0 Å². The lowest BCUT2D eigenvalue weighted by Crippen LogP contribution is -2.33. The first-order valence-electron chi connectivity index (χ1n) is 14.7. The van der Waals surface area contributed by atoms with Crippen molar-refractivity contribution in [3.05, 3.63) is 68.8 Å². The molecule has 2 fully saturated rings. The molecule has 0 saturated carbocycles. The minimum Gasteiger partial charge on any atom is -0.504 e. The van der Waals surface area contributed by atoms with Gasteiger partial charge < -0.3 is 19.7 Å². The Labute approximate surface area is 249 Å². The number of hydrogen-bond donors (Lipinski definition) is 10. The molecule has 0 amide bonds. The van der Waals surface area contributed by atoms with Crippen molar-refractivity contribution >= 4 is 0 Å². The minimum absolute atomic E-state index is 0.0797. The third-order valence-electron chi connectivity index (χ3n) is 10.2. The Morgan fingerprint density at radius 3 is 1.44 bits per heavy atom. The van der Waals surface area contributed by atoms with Crippen molar-refractivity contribution in [1.29, 1.82) is 0 Å². The second-order valence-corrected chi connectivity index (χ2v) is 13.8. The normalized spacial score (nSPS) is 24.9. The lowest BCUT2D eigenvalue weighted by atomic mass is 9.72. The fraction of sp³-hybridized carbons (Fsp3) is 0.419. The van der Waals surface area contributed by atoms with Crippen LogP contribution in [0, 0.1) is 13.8 Å². The van der Waals surface area contributed by atoms with Crippen LogP contribution in [0.1, 0.15) is 97.4 Å². The topological polar surface area (TPSA) is 155 Å². The van der Waals surface area contributed by atoms with E-state index < -0.39 is 0 Å². The van der Waals surface area contributed by atoms with Crippen LogP contribution in [0.4, 0.5) is 0 Å². The lowest BCUT2D eigenvalue weighted by Gasteiger charge is -2.32. The standard InChI is InChI=1S/C31H38N8O4/c1-13-14(2)24(28-34-38-39-35-28)26-25(23(13)27-32-36-37-33-27)42-21-9-16-18(10-22(21)43-26)31(12-30(16,5)6)11-29(3,4)15-7-19(40)20(41)8-17(15)31/h7-10,27-28,32-41H,11-12H2,1-6H3. The fourth-order valence-corrected chi connectivity index (χ4v) is 8.40. The first kappa shape index (κ1) is 27.1. The molecule has 0 radical (unpaired) electrons. The second-order valence-electron chi connectivity index (χ2n) is 13.8. The Morgan fingerprint density at radius 2 is 0.977 bits per heavy atom. The molecule has 2 saturated heterocycles. The number of phenolic OH excluding ortho intramolecular Hbond substituents is 2. The highest BCUT2D eigenvalue weighted by molar-refractivity contribution is 5.70. The van der Waals surface area contributed by atoms with Gasteiger partial charge in [0.05, 0.1) is 0 Å². The van der Waals surface area contributed by atoms with E-state index in [1.54, 1.807) is 12.1 Å². The highest BCUT2D eigenvalue weighted by Gasteiger charge is 2.57. The Hall–Kier alpha value is -3.46. The van der Waals surface area contributed by atoms with Crippen LogP contribution >= 0.6 is 0 Å². The highest BCUT2D eigenvalue weighted by atomic mass is 16.6. The van der Waals surface area contributed by atoms with Crippen molar-refractivity contribution in [2.75, 3.05) is 0 Å². The molecular weight excluding hydrogens is 548 g/mol. The number of benzene rings is 3. The Balaban J connectivity index is 1.33. The maximum atomic E-state index is 10.6.